The lowest BCUT2D eigenvalue weighted by Crippen LogP contribution is -2.61. The maximum absolute atomic E-state index is 14.5. The Morgan fingerprint density at radius 3 is 2.29 bits per heavy atom. The minimum Gasteiger partial charge on any atom is -0.346 e. The van der Waals surface area contributed by atoms with Crippen LogP contribution in [-0.4, -0.2) is 98.0 Å². The molecule has 2 saturated carbocycles. The molecule has 1 unspecified atom stereocenters. The van der Waals surface area contributed by atoms with E-state index in [1.165, 1.54) is 29.6 Å². The van der Waals surface area contributed by atoms with Crippen molar-refractivity contribution in [2.75, 3.05) is 26.7 Å². The number of nitrogens with one attached hydrogen (secondary N) is 4. The number of hydrogen-bond acceptors (Lipinski definition) is 7. The van der Waals surface area contributed by atoms with Crippen LogP contribution in [0.2, 0.25) is 0 Å². The molecule has 3 fully saturated rings. The highest BCUT2D eigenvalue weighted by molar-refractivity contribution is 7.89. The molecular weight excluding hydrogens is 673 g/mol. The first-order valence-corrected chi connectivity index (χ1v) is 19.7. The van der Waals surface area contributed by atoms with Gasteiger partial charge in [0, 0.05) is 32.7 Å². The highest BCUT2D eigenvalue weighted by atomic mass is 32.2. The molecule has 282 valence electrons. The fraction of sp³-hybridized carbons (Fsp3) is 0.649. The van der Waals surface area contributed by atoms with E-state index < -0.39 is 63.2 Å². The maximum Gasteiger partial charge on any atom is 0.315 e. The molecule has 2 aliphatic carbocycles. The van der Waals surface area contributed by atoms with Gasteiger partial charge in [-0.2, -0.15) is 4.31 Å². The number of likely N-dealkylation sites (tertiary alicyclic amines) is 1. The van der Waals surface area contributed by atoms with E-state index in [-0.39, 0.29) is 48.1 Å². The van der Waals surface area contributed by atoms with Crippen molar-refractivity contribution in [1.82, 2.24) is 30.5 Å². The van der Waals surface area contributed by atoms with Crippen molar-refractivity contribution in [1.29, 1.82) is 0 Å². The SMILES string of the molecule is C=CCNC(=O)C(=O)C(CCC)NC(=O)[C@@H]1[C@H]2C[C@H]2CN1C(=O)[C@@H](NC(=O)N[C@H](CN(C)S(=O)(=O)c1ccccc1)C(C)(C)C)C1CCCCC1. The zero-order valence-corrected chi connectivity index (χ0v) is 31.5. The molecular formula is C37H56N6O7S. The fourth-order valence-electron chi connectivity index (χ4n) is 7.29. The number of amides is 5. The Balaban J connectivity index is 1.51. The van der Waals surface area contributed by atoms with Gasteiger partial charge in [-0.15, -0.1) is 6.58 Å². The van der Waals surface area contributed by atoms with E-state index in [0.717, 1.165) is 38.5 Å². The molecule has 1 aliphatic heterocycles. The zero-order valence-electron chi connectivity index (χ0n) is 30.7. The van der Waals surface area contributed by atoms with E-state index in [4.69, 9.17) is 0 Å². The zero-order chi connectivity index (χ0) is 37.5. The molecule has 3 aliphatic rings. The molecule has 1 aromatic rings. The van der Waals surface area contributed by atoms with Gasteiger partial charge >= 0.3 is 6.03 Å². The summed E-state index contributed by atoms with van der Waals surface area (Å²) in [6.45, 7) is 11.6. The van der Waals surface area contributed by atoms with Crippen molar-refractivity contribution in [3.05, 3.63) is 43.0 Å². The second-order valence-electron chi connectivity index (χ2n) is 15.3. The molecule has 1 aromatic carbocycles. The van der Waals surface area contributed by atoms with Crippen LogP contribution >= 0.6 is 0 Å². The summed E-state index contributed by atoms with van der Waals surface area (Å²) in [4.78, 5) is 69.2. The minimum absolute atomic E-state index is 0.00280. The first kappa shape index (κ1) is 40.0. The molecule has 1 heterocycles. The number of sulfonamides is 1. The second kappa shape index (κ2) is 17.2. The van der Waals surface area contributed by atoms with Gasteiger partial charge < -0.3 is 26.2 Å². The Morgan fingerprint density at radius 1 is 1.02 bits per heavy atom. The van der Waals surface area contributed by atoms with Gasteiger partial charge in [-0.1, -0.05) is 77.7 Å². The predicted octanol–water partition coefficient (Wildman–Crippen LogP) is 2.97. The Hall–Kier alpha value is -3.78. The lowest BCUT2D eigenvalue weighted by atomic mass is 9.83. The molecule has 0 aromatic heterocycles. The van der Waals surface area contributed by atoms with Gasteiger partial charge in [0.05, 0.1) is 10.9 Å². The smallest absolute Gasteiger partial charge is 0.315 e. The normalized spacial score (nSPS) is 22.2. The summed E-state index contributed by atoms with van der Waals surface area (Å²) in [5.74, 6) is -2.42. The van der Waals surface area contributed by atoms with E-state index in [1.54, 1.807) is 23.1 Å². The molecule has 4 rings (SSSR count). The summed E-state index contributed by atoms with van der Waals surface area (Å²) in [6.07, 6.45) is 7.39. The van der Waals surface area contributed by atoms with Crippen LogP contribution in [0.3, 0.4) is 0 Å². The summed E-state index contributed by atoms with van der Waals surface area (Å²) >= 11 is 0. The molecule has 0 bridgehead atoms. The summed E-state index contributed by atoms with van der Waals surface area (Å²) < 4.78 is 27.8. The Labute approximate surface area is 302 Å². The first-order valence-electron chi connectivity index (χ1n) is 18.2. The molecule has 0 spiro atoms. The number of ketones is 1. The molecule has 5 amide bonds. The molecule has 13 nitrogen and oxygen atoms in total. The van der Waals surface area contributed by atoms with Crippen LogP contribution in [0.5, 0.6) is 0 Å². The van der Waals surface area contributed by atoms with Crippen LogP contribution in [0, 0.1) is 23.2 Å². The van der Waals surface area contributed by atoms with Crippen molar-refractivity contribution >= 4 is 39.6 Å². The number of fused-ring (bicyclic) bond motifs is 1. The number of benzene rings is 1. The van der Waals surface area contributed by atoms with Gasteiger partial charge in [0.25, 0.3) is 5.91 Å². The van der Waals surface area contributed by atoms with Gasteiger partial charge in [0.15, 0.2) is 0 Å². The fourth-order valence-corrected chi connectivity index (χ4v) is 8.49. The number of urea groups is 1. The molecule has 0 radical (unpaired) electrons. The van der Waals surface area contributed by atoms with Crippen molar-refractivity contribution in [3.63, 3.8) is 0 Å². The average molecular weight is 729 g/mol. The van der Waals surface area contributed by atoms with E-state index >= 15 is 0 Å². The monoisotopic (exact) mass is 728 g/mol. The standard InChI is InChI=1S/C37H56N6O7S/c1-7-15-28(32(44)34(46)38-20-8-2)39-33(45)31-27-21-25(27)22-43(31)35(47)30(24-16-11-9-12-17-24)41-36(48)40-29(37(3,4)5)23-42(6)51(49,50)26-18-13-10-14-19-26/h8,10,13-14,18-19,24-25,27-31H,2,7,9,11-12,15-17,20-23H2,1,3-6H3,(H,38,46)(H,39,45)(H2,40,41,48)/t25-,27-,28?,29+,30-,31-/m0/s1. The lowest BCUT2D eigenvalue weighted by Gasteiger charge is -2.37. The summed E-state index contributed by atoms with van der Waals surface area (Å²) in [5, 5.41) is 11.2. The van der Waals surface area contributed by atoms with Gasteiger partial charge in [-0.3, -0.25) is 19.2 Å². The predicted molar refractivity (Wildman–Crippen MR) is 194 cm³/mol. The van der Waals surface area contributed by atoms with E-state index in [0.29, 0.717) is 13.0 Å². The van der Waals surface area contributed by atoms with Crippen molar-refractivity contribution in [2.45, 2.75) is 108 Å². The third kappa shape index (κ3) is 9.97. The largest absolute Gasteiger partial charge is 0.346 e. The van der Waals surface area contributed by atoms with Crippen LogP contribution < -0.4 is 21.3 Å². The Morgan fingerprint density at radius 2 is 1.69 bits per heavy atom. The maximum atomic E-state index is 14.5. The molecule has 6 atom stereocenters. The first-order chi connectivity index (χ1) is 24.1. The summed E-state index contributed by atoms with van der Waals surface area (Å²) in [5.41, 5.74) is -0.545. The quantitative estimate of drug-likeness (QED) is 0.150. The molecule has 14 heteroatoms. The average Bonchev–Trinajstić information content (AvgIpc) is 3.76. The third-order valence-electron chi connectivity index (χ3n) is 10.5. The van der Waals surface area contributed by atoms with Crippen LogP contribution in [0.25, 0.3) is 0 Å². The van der Waals surface area contributed by atoms with Gasteiger partial charge in [0.2, 0.25) is 27.6 Å². The molecule has 1 saturated heterocycles. The Bertz CT molecular complexity index is 1540. The van der Waals surface area contributed by atoms with Gasteiger partial charge in [-0.05, 0) is 61.0 Å². The minimum atomic E-state index is -3.82. The van der Waals surface area contributed by atoms with Crippen LogP contribution in [-0.2, 0) is 29.2 Å². The van der Waals surface area contributed by atoms with Gasteiger partial charge in [-0.25, -0.2) is 13.2 Å². The van der Waals surface area contributed by atoms with Gasteiger partial charge in [0.1, 0.15) is 12.1 Å². The van der Waals surface area contributed by atoms with Crippen LogP contribution in [0.15, 0.2) is 47.9 Å². The molecule has 51 heavy (non-hydrogen) atoms. The van der Waals surface area contributed by atoms with Crippen molar-refractivity contribution < 1.29 is 32.4 Å². The number of carbonyl (C=O) groups is 5. The number of likely N-dealkylation sites (N-methyl/N-ethyl adjacent to an activating group) is 1. The van der Waals surface area contributed by atoms with Crippen LogP contribution in [0.4, 0.5) is 4.79 Å². The number of nitrogens with zero attached hydrogens (tertiary/aromatic N) is 2. The topological polar surface area (TPSA) is 174 Å². The van der Waals surface area contributed by atoms with Crippen molar-refractivity contribution in [2.24, 2.45) is 23.2 Å². The third-order valence-corrected chi connectivity index (χ3v) is 12.3. The number of hydrogen-bond donors (Lipinski definition) is 4. The number of piperidine rings is 1. The number of carbonyl (C=O) groups excluding carboxylic acids is 5. The van der Waals surface area contributed by atoms with Crippen molar-refractivity contribution in [3.8, 4) is 0 Å². The second-order valence-corrected chi connectivity index (χ2v) is 17.4. The van der Waals surface area contributed by atoms with E-state index in [1.807, 2.05) is 27.7 Å². The lowest BCUT2D eigenvalue weighted by molar-refractivity contribution is -0.144. The number of rotatable bonds is 16. The highest BCUT2D eigenvalue weighted by Crippen LogP contribution is 2.50. The van der Waals surface area contributed by atoms with E-state index in [9.17, 15) is 32.4 Å². The highest BCUT2D eigenvalue weighted by Gasteiger charge is 2.58. The van der Waals surface area contributed by atoms with E-state index in [2.05, 4.69) is 27.8 Å². The Kier molecular flexibility index (Phi) is 13.5. The summed E-state index contributed by atoms with van der Waals surface area (Å²) in [6, 6.07) is 4.15. The molecule has 4 N–H and O–H groups in total. The number of Topliss-reactive ketones (excluding diaryl/α,β-unsaturated/α-hetero) is 1. The summed E-state index contributed by atoms with van der Waals surface area (Å²) in [7, 11) is -2.34. The van der Waals surface area contributed by atoms with Crippen LogP contribution in [0.1, 0.15) is 79.1 Å².